The number of rotatable bonds is 1. The number of hydrogen-bond donors (Lipinski definition) is 1. The van der Waals surface area contributed by atoms with Gasteiger partial charge in [0, 0.05) is 22.9 Å². The molecule has 0 aliphatic heterocycles. The molecule has 0 fully saturated rings. The summed E-state index contributed by atoms with van der Waals surface area (Å²) < 4.78 is 39.9. The predicted octanol–water partition coefficient (Wildman–Crippen LogP) is 3.66. The van der Waals surface area contributed by atoms with Crippen LogP contribution >= 0.6 is 0 Å². The second kappa shape index (κ2) is 4.13. The van der Waals surface area contributed by atoms with E-state index in [1.807, 2.05) is 0 Å². The lowest BCUT2D eigenvalue weighted by Gasteiger charge is -2.08. The highest BCUT2D eigenvalue weighted by Crippen LogP contribution is 2.29. The lowest BCUT2D eigenvalue weighted by Crippen LogP contribution is -1.95. The third-order valence-electron chi connectivity index (χ3n) is 2.58. The van der Waals surface area contributed by atoms with Crippen LogP contribution in [0.4, 0.5) is 18.9 Å². The normalized spacial score (nSPS) is 10.6. The number of halogens is 3. The first-order valence-electron chi connectivity index (χ1n) is 5.00. The van der Waals surface area contributed by atoms with Crippen molar-refractivity contribution in [3.05, 3.63) is 53.3 Å². The second-order valence-corrected chi connectivity index (χ2v) is 3.81. The zero-order chi connectivity index (χ0) is 12.6. The molecule has 0 saturated heterocycles. The van der Waals surface area contributed by atoms with E-state index in [4.69, 9.17) is 5.73 Å². The first-order chi connectivity index (χ1) is 7.99. The average molecular weight is 237 g/mol. The highest BCUT2D eigenvalue weighted by atomic mass is 19.1. The van der Waals surface area contributed by atoms with Crippen LogP contribution in [0.2, 0.25) is 0 Å². The maximum Gasteiger partial charge on any atom is 0.134 e. The summed E-state index contributed by atoms with van der Waals surface area (Å²) in [7, 11) is 0. The number of benzene rings is 2. The molecule has 2 rings (SSSR count). The molecule has 0 radical (unpaired) electrons. The van der Waals surface area contributed by atoms with E-state index >= 15 is 0 Å². The molecular formula is C13H10F3N. The molecule has 0 bridgehead atoms. The largest absolute Gasteiger partial charge is 0.398 e. The van der Waals surface area contributed by atoms with Gasteiger partial charge in [0.15, 0.2) is 0 Å². The summed E-state index contributed by atoms with van der Waals surface area (Å²) in [6, 6.07) is 5.56. The van der Waals surface area contributed by atoms with E-state index in [0.29, 0.717) is 17.3 Å². The Morgan fingerprint density at radius 1 is 0.882 bits per heavy atom. The molecule has 17 heavy (non-hydrogen) atoms. The molecule has 4 heteroatoms. The van der Waals surface area contributed by atoms with Crippen LogP contribution < -0.4 is 5.73 Å². The Labute approximate surface area is 96.7 Å². The van der Waals surface area contributed by atoms with E-state index in [1.54, 1.807) is 6.92 Å². The Kier molecular flexibility index (Phi) is 2.79. The molecule has 0 aliphatic rings. The first kappa shape index (κ1) is 11.5. The third-order valence-corrected chi connectivity index (χ3v) is 2.58. The SMILES string of the molecule is Cc1cc(F)c(-c2ccc(F)cc2F)cc1N. The van der Waals surface area contributed by atoms with Crippen molar-refractivity contribution in [2.45, 2.75) is 6.92 Å². The molecule has 0 heterocycles. The minimum Gasteiger partial charge on any atom is -0.398 e. The summed E-state index contributed by atoms with van der Waals surface area (Å²) in [6.07, 6.45) is 0. The fraction of sp³-hybridized carbons (Fsp3) is 0.0769. The van der Waals surface area contributed by atoms with E-state index in [-0.39, 0.29) is 11.1 Å². The van der Waals surface area contributed by atoms with Crippen molar-refractivity contribution in [2.75, 3.05) is 5.73 Å². The van der Waals surface area contributed by atoms with Crippen molar-refractivity contribution in [1.82, 2.24) is 0 Å². The van der Waals surface area contributed by atoms with Crippen LogP contribution in [-0.2, 0) is 0 Å². The fourth-order valence-corrected chi connectivity index (χ4v) is 1.60. The van der Waals surface area contributed by atoms with Crippen LogP contribution in [0.3, 0.4) is 0 Å². The van der Waals surface area contributed by atoms with Crippen LogP contribution in [0.25, 0.3) is 11.1 Å². The van der Waals surface area contributed by atoms with Gasteiger partial charge in [0.25, 0.3) is 0 Å². The standard InChI is InChI=1S/C13H10F3N/c1-7-4-11(15)10(6-13(7)17)9-3-2-8(14)5-12(9)16/h2-6H,17H2,1H3. The Bertz CT molecular complexity index is 579. The van der Waals surface area contributed by atoms with Gasteiger partial charge in [-0.3, -0.25) is 0 Å². The summed E-state index contributed by atoms with van der Waals surface area (Å²) in [5.41, 5.74) is 6.62. The second-order valence-electron chi connectivity index (χ2n) is 3.81. The average Bonchev–Trinajstić information content (AvgIpc) is 2.24. The van der Waals surface area contributed by atoms with Crippen LogP contribution in [0.1, 0.15) is 5.56 Å². The van der Waals surface area contributed by atoms with Crippen molar-refractivity contribution < 1.29 is 13.2 Å². The molecule has 0 aliphatic carbocycles. The molecule has 2 aromatic carbocycles. The topological polar surface area (TPSA) is 26.0 Å². The summed E-state index contributed by atoms with van der Waals surface area (Å²) in [5.74, 6) is -2.10. The van der Waals surface area contributed by atoms with Crippen LogP contribution in [0.5, 0.6) is 0 Å². The molecule has 0 aromatic heterocycles. The van der Waals surface area contributed by atoms with Gasteiger partial charge in [0.1, 0.15) is 17.5 Å². The van der Waals surface area contributed by atoms with E-state index < -0.39 is 17.5 Å². The number of hydrogen-bond acceptors (Lipinski definition) is 1. The zero-order valence-corrected chi connectivity index (χ0v) is 9.10. The molecule has 0 atom stereocenters. The fourth-order valence-electron chi connectivity index (χ4n) is 1.60. The number of nitrogen functional groups attached to an aromatic ring is 1. The van der Waals surface area contributed by atoms with Gasteiger partial charge in [-0.2, -0.15) is 0 Å². The van der Waals surface area contributed by atoms with Crippen LogP contribution in [0, 0.1) is 24.4 Å². The van der Waals surface area contributed by atoms with Gasteiger partial charge in [-0.05, 0) is 36.8 Å². The van der Waals surface area contributed by atoms with E-state index in [1.165, 1.54) is 18.2 Å². The Morgan fingerprint density at radius 2 is 1.53 bits per heavy atom. The molecule has 0 spiro atoms. The van der Waals surface area contributed by atoms with Gasteiger partial charge in [-0.1, -0.05) is 0 Å². The smallest absolute Gasteiger partial charge is 0.134 e. The van der Waals surface area contributed by atoms with Gasteiger partial charge in [0.05, 0.1) is 0 Å². The summed E-state index contributed by atoms with van der Waals surface area (Å²) in [5, 5.41) is 0. The van der Waals surface area contributed by atoms with Gasteiger partial charge in [0.2, 0.25) is 0 Å². The maximum atomic E-state index is 13.7. The van der Waals surface area contributed by atoms with Crippen LogP contribution in [-0.4, -0.2) is 0 Å². The maximum absolute atomic E-state index is 13.7. The third kappa shape index (κ3) is 2.11. The number of nitrogens with two attached hydrogens (primary N) is 1. The van der Waals surface area contributed by atoms with E-state index in [9.17, 15) is 13.2 Å². The monoisotopic (exact) mass is 237 g/mol. The molecule has 88 valence electrons. The molecule has 1 nitrogen and oxygen atoms in total. The Morgan fingerprint density at radius 3 is 2.18 bits per heavy atom. The predicted molar refractivity (Wildman–Crippen MR) is 60.9 cm³/mol. The summed E-state index contributed by atoms with van der Waals surface area (Å²) in [4.78, 5) is 0. The summed E-state index contributed by atoms with van der Waals surface area (Å²) in [6.45, 7) is 1.66. The van der Waals surface area contributed by atoms with Crippen LogP contribution in [0.15, 0.2) is 30.3 Å². The molecule has 0 saturated carbocycles. The number of anilines is 1. The van der Waals surface area contributed by atoms with Gasteiger partial charge in [-0.25, -0.2) is 13.2 Å². The number of aryl methyl sites for hydroxylation is 1. The quantitative estimate of drug-likeness (QED) is 0.752. The zero-order valence-electron chi connectivity index (χ0n) is 9.10. The first-order valence-corrected chi connectivity index (χ1v) is 5.00. The molecular weight excluding hydrogens is 227 g/mol. The van der Waals surface area contributed by atoms with E-state index in [2.05, 4.69) is 0 Å². The lowest BCUT2D eigenvalue weighted by atomic mass is 10.0. The van der Waals surface area contributed by atoms with Crippen molar-refractivity contribution in [2.24, 2.45) is 0 Å². The van der Waals surface area contributed by atoms with Crippen molar-refractivity contribution in [3.63, 3.8) is 0 Å². The van der Waals surface area contributed by atoms with Crippen molar-refractivity contribution in [3.8, 4) is 11.1 Å². The molecule has 0 unspecified atom stereocenters. The summed E-state index contributed by atoms with van der Waals surface area (Å²) >= 11 is 0. The molecule has 0 amide bonds. The van der Waals surface area contributed by atoms with Crippen molar-refractivity contribution >= 4 is 5.69 Å². The Hall–Kier alpha value is -1.97. The minimum absolute atomic E-state index is 0.00407. The lowest BCUT2D eigenvalue weighted by molar-refractivity contribution is 0.582. The highest BCUT2D eigenvalue weighted by Gasteiger charge is 2.12. The Balaban J connectivity index is 2.64. The van der Waals surface area contributed by atoms with Gasteiger partial charge >= 0.3 is 0 Å². The van der Waals surface area contributed by atoms with E-state index in [0.717, 1.165) is 6.07 Å². The minimum atomic E-state index is -0.813. The van der Waals surface area contributed by atoms with Crippen molar-refractivity contribution in [1.29, 1.82) is 0 Å². The molecule has 2 aromatic rings. The van der Waals surface area contributed by atoms with Gasteiger partial charge in [-0.15, -0.1) is 0 Å². The highest BCUT2D eigenvalue weighted by molar-refractivity contribution is 5.70. The van der Waals surface area contributed by atoms with Gasteiger partial charge < -0.3 is 5.73 Å². The molecule has 2 N–H and O–H groups in total.